The van der Waals surface area contributed by atoms with Crippen LogP contribution in [-0.2, 0) is 14.8 Å². The van der Waals surface area contributed by atoms with Crippen molar-refractivity contribution in [3.63, 3.8) is 0 Å². The topological polar surface area (TPSA) is 86.8 Å². The fraction of sp³-hybridized carbons (Fsp3) is 0.857. The number of piperidine rings is 1. The lowest BCUT2D eigenvalue weighted by molar-refractivity contribution is -0.136. The number of carbonyl (C=O) groups excluding carboxylic acids is 2. The second-order valence-corrected chi connectivity index (χ2v) is 9.15. The van der Waals surface area contributed by atoms with Gasteiger partial charge in [-0.25, -0.2) is 13.2 Å². The summed E-state index contributed by atoms with van der Waals surface area (Å²) < 4.78 is 26.3. The van der Waals surface area contributed by atoms with Gasteiger partial charge in [-0.15, -0.1) is 0 Å². The first-order chi connectivity index (χ1) is 10.4. The molecule has 0 bridgehead atoms. The minimum atomic E-state index is -3.24. The van der Waals surface area contributed by atoms with E-state index in [0.717, 1.165) is 19.3 Å². The molecule has 4 aliphatic rings. The predicted molar refractivity (Wildman–Crippen MR) is 78.5 cm³/mol. The highest BCUT2D eigenvalue weighted by molar-refractivity contribution is 7.90. The smallest absolute Gasteiger partial charge is 0.323 e. The van der Waals surface area contributed by atoms with Gasteiger partial charge in [0.2, 0.25) is 10.0 Å². The van der Waals surface area contributed by atoms with Crippen LogP contribution in [0, 0.1) is 0 Å². The Hall–Kier alpha value is -1.15. The average Bonchev–Trinajstić information content (AvgIpc) is 3.25. The summed E-state index contributed by atoms with van der Waals surface area (Å²) in [5.74, 6) is -0.153. The van der Waals surface area contributed by atoms with Crippen molar-refractivity contribution in [1.29, 1.82) is 0 Å². The SMILES string of the molecule is O=C1NC2(CCC2)C(=O)N1[C@@H]1CCCN(S(=O)(=O)C2CC2)C1. The molecule has 2 saturated carbocycles. The van der Waals surface area contributed by atoms with Gasteiger partial charge in [0.05, 0.1) is 11.3 Å². The normalized spacial score (nSPS) is 32.2. The number of imide groups is 1. The minimum Gasteiger partial charge on any atom is -0.323 e. The fourth-order valence-electron chi connectivity index (χ4n) is 3.78. The molecule has 2 aliphatic heterocycles. The van der Waals surface area contributed by atoms with Gasteiger partial charge in [-0.05, 0) is 44.9 Å². The molecule has 0 aromatic heterocycles. The lowest BCUT2D eigenvalue weighted by atomic mass is 9.76. The number of nitrogens with zero attached hydrogens (tertiary/aromatic N) is 2. The first-order valence-corrected chi connectivity index (χ1v) is 9.59. The molecule has 7 nitrogen and oxygen atoms in total. The largest absolute Gasteiger partial charge is 0.325 e. The maximum atomic E-state index is 12.6. The monoisotopic (exact) mass is 327 g/mol. The van der Waals surface area contributed by atoms with Crippen LogP contribution in [0.25, 0.3) is 0 Å². The van der Waals surface area contributed by atoms with Gasteiger partial charge in [-0.2, -0.15) is 4.31 Å². The second kappa shape index (κ2) is 4.67. The van der Waals surface area contributed by atoms with E-state index in [1.165, 1.54) is 9.21 Å². The molecule has 1 N–H and O–H groups in total. The Balaban J connectivity index is 1.53. The van der Waals surface area contributed by atoms with Crippen molar-refractivity contribution in [1.82, 2.24) is 14.5 Å². The molecule has 22 heavy (non-hydrogen) atoms. The first-order valence-electron chi connectivity index (χ1n) is 8.09. The molecule has 2 aliphatic carbocycles. The maximum Gasteiger partial charge on any atom is 0.325 e. The van der Waals surface area contributed by atoms with Crippen LogP contribution < -0.4 is 5.32 Å². The van der Waals surface area contributed by atoms with E-state index in [1.807, 2.05) is 0 Å². The van der Waals surface area contributed by atoms with Gasteiger partial charge in [-0.3, -0.25) is 9.69 Å². The molecule has 2 heterocycles. The summed E-state index contributed by atoms with van der Waals surface area (Å²) in [6.07, 6.45) is 5.19. The Labute approximate surface area is 130 Å². The van der Waals surface area contributed by atoms with Crippen molar-refractivity contribution in [3.8, 4) is 0 Å². The number of hydrogen-bond donors (Lipinski definition) is 1. The Morgan fingerprint density at radius 3 is 2.36 bits per heavy atom. The third kappa shape index (κ3) is 2.00. The lowest BCUT2D eigenvalue weighted by Crippen LogP contribution is -2.55. The first kappa shape index (κ1) is 14.4. The van der Waals surface area contributed by atoms with Gasteiger partial charge < -0.3 is 5.32 Å². The maximum absolute atomic E-state index is 12.6. The van der Waals surface area contributed by atoms with Crippen LogP contribution in [0.4, 0.5) is 4.79 Å². The average molecular weight is 327 g/mol. The fourth-order valence-corrected chi connectivity index (χ4v) is 5.70. The zero-order valence-corrected chi connectivity index (χ0v) is 13.3. The van der Waals surface area contributed by atoms with Gasteiger partial charge in [0.15, 0.2) is 0 Å². The number of nitrogens with one attached hydrogen (secondary N) is 1. The number of hydrogen-bond acceptors (Lipinski definition) is 4. The van der Waals surface area contributed by atoms with E-state index in [4.69, 9.17) is 0 Å². The van der Waals surface area contributed by atoms with Crippen LogP contribution in [0.3, 0.4) is 0 Å². The van der Waals surface area contributed by atoms with Crippen LogP contribution in [0.15, 0.2) is 0 Å². The van der Waals surface area contributed by atoms with E-state index in [0.29, 0.717) is 32.2 Å². The molecule has 2 saturated heterocycles. The third-order valence-corrected chi connectivity index (χ3v) is 7.80. The Bertz CT molecular complexity index is 624. The zero-order chi connectivity index (χ0) is 15.5. The van der Waals surface area contributed by atoms with Gasteiger partial charge in [0, 0.05) is 13.1 Å². The molecule has 122 valence electrons. The van der Waals surface area contributed by atoms with E-state index in [2.05, 4.69) is 5.32 Å². The number of urea groups is 1. The van der Waals surface area contributed by atoms with Gasteiger partial charge in [-0.1, -0.05) is 0 Å². The van der Waals surface area contributed by atoms with Crippen LogP contribution in [-0.4, -0.2) is 59.5 Å². The summed E-state index contributed by atoms with van der Waals surface area (Å²) in [4.78, 5) is 26.1. The Kier molecular flexibility index (Phi) is 3.07. The van der Waals surface area contributed by atoms with E-state index < -0.39 is 15.6 Å². The minimum absolute atomic E-state index is 0.153. The molecule has 8 heteroatoms. The summed E-state index contributed by atoms with van der Waals surface area (Å²) >= 11 is 0. The quantitative estimate of drug-likeness (QED) is 0.761. The predicted octanol–water partition coefficient (Wildman–Crippen LogP) is 0.417. The summed E-state index contributed by atoms with van der Waals surface area (Å²) in [6, 6.07) is -0.671. The molecular weight excluding hydrogens is 306 g/mol. The number of carbonyl (C=O) groups is 2. The van der Waals surface area contributed by atoms with Crippen molar-refractivity contribution in [2.24, 2.45) is 0 Å². The van der Waals surface area contributed by atoms with Crippen molar-refractivity contribution in [2.45, 2.75) is 61.8 Å². The molecule has 0 aromatic carbocycles. The molecule has 0 unspecified atom stereocenters. The summed E-state index contributed by atoms with van der Waals surface area (Å²) in [5, 5.41) is 2.58. The molecule has 4 rings (SSSR count). The van der Waals surface area contributed by atoms with E-state index in [1.54, 1.807) is 0 Å². The van der Waals surface area contributed by atoms with Gasteiger partial charge in [0.25, 0.3) is 5.91 Å². The Morgan fingerprint density at radius 2 is 1.82 bits per heavy atom. The molecule has 1 atom stereocenters. The third-order valence-electron chi connectivity index (χ3n) is 5.43. The molecule has 1 spiro atoms. The van der Waals surface area contributed by atoms with Crippen molar-refractivity contribution < 1.29 is 18.0 Å². The van der Waals surface area contributed by atoms with Crippen LogP contribution in [0.5, 0.6) is 0 Å². The van der Waals surface area contributed by atoms with E-state index >= 15 is 0 Å². The van der Waals surface area contributed by atoms with Crippen LogP contribution in [0.2, 0.25) is 0 Å². The van der Waals surface area contributed by atoms with Crippen molar-refractivity contribution >= 4 is 22.0 Å². The van der Waals surface area contributed by atoms with Crippen molar-refractivity contribution in [2.75, 3.05) is 13.1 Å². The highest BCUT2D eigenvalue weighted by Gasteiger charge is 2.57. The van der Waals surface area contributed by atoms with E-state index in [-0.39, 0.29) is 29.8 Å². The molecular formula is C14H21N3O4S. The number of amides is 3. The summed E-state index contributed by atoms with van der Waals surface area (Å²) in [5.41, 5.74) is -0.686. The molecule has 0 aromatic rings. The number of rotatable bonds is 3. The van der Waals surface area contributed by atoms with E-state index in [9.17, 15) is 18.0 Å². The summed E-state index contributed by atoms with van der Waals surface area (Å²) in [6.45, 7) is 0.762. The zero-order valence-electron chi connectivity index (χ0n) is 12.5. The number of sulfonamides is 1. The Morgan fingerprint density at radius 1 is 1.09 bits per heavy atom. The molecule has 0 radical (unpaired) electrons. The second-order valence-electron chi connectivity index (χ2n) is 6.94. The van der Waals surface area contributed by atoms with Crippen LogP contribution >= 0.6 is 0 Å². The molecule has 3 amide bonds. The highest BCUT2D eigenvalue weighted by Crippen LogP contribution is 2.39. The van der Waals surface area contributed by atoms with Crippen molar-refractivity contribution in [3.05, 3.63) is 0 Å². The van der Waals surface area contributed by atoms with Gasteiger partial charge in [0.1, 0.15) is 5.54 Å². The summed E-state index contributed by atoms with van der Waals surface area (Å²) in [7, 11) is -3.24. The molecule has 4 fully saturated rings. The highest BCUT2D eigenvalue weighted by atomic mass is 32.2. The van der Waals surface area contributed by atoms with Gasteiger partial charge >= 0.3 is 6.03 Å². The lowest BCUT2D eigenvalue weighted by Gasteiger charge is -2.38. The van der Waals surface area contributed by atoms with Crippen LogP contribution in [0.1, 0.15) is 44.9 Å². The standard InChI is InChI=1S/C14H21N3O4S/c18-12-14(6-2-7-14)15-13(19)17(12)10-3-1-8-16(9-10)22(20,21)11-4-5-11/h10-11H,1-9H2,(H,15,19)/t10-/m1/s1.